The van der Waals surface area contributed by atoms with Gasteiger partial charge in [0.15, 0.2) is 0 Å². The Morgan fingerprint density at radius 2 is 1.83 bits per heavy atom. The highest BCUT2D eigenvalue weighted by atomic mass is 32.1. The van der Waals surface area contributed by atoms with Crippen molar-refractivity contribution in [3.05, 3.63) is 41.9 Å². The zero-order chi connectivity index (χ0) is 12.5. The molecule has 5 heteroatoms. The lowest BCUT2D eigenvalue weighted by Gasteiger charge is -2.07. The maximum absolute atomic E-state index is 9.43. The van der Waals surface area contributed by atoms with E-state index in [2.05, 4.69) is 10.3 Å². The molecule has 1 aromatic carbocycles. The second kappa shape index (κ2) is 4.19. The van der Waals surface area contributed by atoms with Gasteiger partial charge in [0.25, 0.3) is 0 Å². The third kappa shape index (κ3) is 1.96. The first-order valence-electron chi connectivity index (χ1n) is 5.34. The van der Waals surface area contributed by atoms with E-state index in [4.69, 9.17) is 0 Å². The van der Waals surface area contributed by atoms with E-state index in [1.54, 1.807) is 17.5 Å². The number of pyridine rings is 1. The third-order valence-corrected chi connectivity index (χ3v) is 3.43. The molecule has 0 unspecified atom stereocenters. The predicted molar refractivity (Wildman–Crippen MR) is 72.7 cm³/mol. The van der Waals surface area contributed by atoms with Crippen LogP contribution in [0.15, 0.2) is 41.9 Å². The van der Waals surface area contributed by atoms with Crippen LogP contribution in [0.4, 0.5) is 11.5 Å². The van der Waals surface area contributed by atoms with Crippen LogP contribution in [0, 0.1) is 0 Å². The van der Waals surface area contributed by atoms with Gasteiger partial charge in [-0.15, -0.1) is 11.3 Å². The number of benzene rings is 1. The first kappa shape index (κ1) is 10.9. The second-order valence-corrected chi connectivity index (χ2v) is 4.80. The Kier molecular flexibility index (Phi) is 2.53. The number of thiophene rings is 1. The number of hydrogen-bond donors (Lipinski definition) is 3. The van der Waals surface area contributed by atoms with Crippen LogP contribution in [0.2, 0.25) is 0 Å². The lowest BCUT2D eigenvalue weighted by molar-refractivity contribution is 0.451. The Labute approximate surface area is 107 Å². The van der Waals surface area contributed by atoms with Crippen LogP contribution in [0.25, 0.3) is 10.1 Å². The maximum atomic E-state index is 9.43. The largest absolute Gasteiger partial charge is 0.508 e. The summed E-state index contributed by atoms with van der Waals surface area (Å²) in [6.07, 6.45) is 1.73. The molecular weight excluding hydrogens is 248 g/mol. The van der Waals surface area contributed by atoms with Gasteiger partial charge in [-0.25, -0.2) is 4.98 Å². The normalized spacial score (nSPS) is 10.7. The summed E-state index contributed by atoms with van der Waals surface area (Å²) in [7, 11) is 0. The van der Waals surface area contributed by atoms with Gasteiger partial charge in [-0.3, -0.25) is 0 Å². The van der Waals surface area contributed by atoms with Crippen LogP contribution >= 0.6 is 11.3 Å². The molecule has 0 saturated heterocycles. The number of rotatable bonds is 2. The molecule has 0 aliphatic heterocycles. The van der Waals surface area contributed by atoms with Gasteiger partial charge in [-0.2, -0.15) is 0 Å². The number of phenolic OH excluding ortho intramolecular Hbond substituents is 2. The highest BCUT2D eigenvalue weighted by Crippen LogP contribution is 2.30. The molecule has 0 amide bonds. The summed E-state index contributed by atoms with van der Waals surface area (Å²) >= 11 is 1.64. The molecule has 0 atom stereocenters. The van der Waals surface area contributed by atoms with Crippen molar-refractivity contribution in [2.45, 2.75) is 0 Å². The summed E-state index contributed by atoms with van der Waals surface area (Å²) in [4.78, 5) is 4.27. The van der Waals surface area contributed by atoms with Gasteiger partial charge in [0.2, 0.25) is 0 Å². The number of fused-ring (bicyclic) bond motifs is 1. The van der Waals surface area contributed by atoms with E-state index in [-0.39, 0.29) is 11.5 Å². The van der Waals surface area contributed by atoms with Crippen LogP contribution in [-0.4, -0.2) is 15.2 Å². The minimum atomic E-state index is 0.00925. The van der Waals surface area contributed by atoms with Crippen LogP contribution in [-0.2, 0) is 0 Å². The highest BCUT2D eigenvalue weighted by Gasteiger charge is 2.05. The molecule has 0 aliphatic rings. The maximum Gasteiger partial charge on any atom is 0.139 e. The van der Waals surface area contributed by atoms with E-state index in [0.29, 0.717) is 11.5 Å². The topological polar surface area (TPSA) is 65.4 Å². The van der Waals surface area contributed by atoms with Crippen LogP contribution in [0.3, 0.4) is 0 Å². The molecule has 4 nitrogen and oxygen atoms in total. The fourth-order valence-electron chi connectivity index (χ4n) is 1.80. The van der Waals surface area contributed by atoms with Gasteiger partial charge in [0, 0.05) is 40.2 Å². The Morgan fingerprint density at radius 1 is 1.06 bits per heavy atom. The molecule has 90 valence electrons. The van der Waals surface area contributed by atoms with Crippen molar-refractivity contribution in [3.8, 4) is 11.5 Å². The number of aromatic hydroxyl groups is 2. The van der Waals surface area contributed by atoms with Gasteiger partial charge in [0.05, 0.1) is 0 Å². The van der Waals surface area contributed by atoms with Crippen molar-refractivity contribution < 1.29 is 10.2 Å². The predicted octanol–water partition coefficient (Wildman–Crippen LogP) is 3.45. The van der Waals surface area contributed by atoms with Gasteiger partial charge >= 0.3 is 0 Å². The molecule has 3 aromatic rings. The molecule has 3 N–H and O–H groups in total. The Balaban J connectivity index is 2.03. The number of anilines is 2. The number of nitrogens with zero attached hydrogens (tertiary/aromatic N) is 1. The first-order valence-corrected chi connectivity index (χ1v) is 6.22. The number of phenols is 2. The summed E-state index contributed by atoms with van der Waals surface area (Å²) in [6, 6.07) is 8.28. The zero-order valence-electron chi connectivity index (χ0n) is 9.29. The van der Waals surface area contributed by atoms with Crippen LogP contribution in [0.1, 0.15) is 0 Å². The minimum Gasteiger partial charge on any atom is -0.508 e. The Morgan fingerprint density at radius 3 is 2.61 bits per heavy atom. The summed E-state index contributed by atoms with van der Waals surface area (Å²) in [5.41, 5.74) is 0.596. The lowest BCUT2D eigenvalue weighted by atomic mass is 10.2. The second-order valence-electron chi connectivity index (χ2n) is 3.86. The van der Waals surface area contributed by atoms with Gasteiger partial charge in [-0.1, -0.05) is 0 Å². The van der Waals surface area contributed by atoms with Crippen molar-refractivity contribution in [3.63, 3.8) is 0 Å². The van der Waals surface area contributed by atoms with Gasteiger partial charge in [0.1, 0.15) is 17.3 Å². The SMILES string of the molecule is Oc1cc(O)cc(Nc2nccc3sccc23)c1. The van der Waals surface area contributed by atoms with Crippen LogP contribution < -0.4 is 5.32 Å². The average Bonchev–Trinajstić information content (AvgIpc) is 2.76. The fraction of sp³-hybridized carbons (Fsp3) is 0. The highest BCUT2D eigenvalue weighted by molar-refractivity contribution is 7.17. The minimum absolute atomic E-state index is 0.00925. The molecule has 2 heterocycles. The summed E-state index contributed by atoms with van der Waals surface area (Å²) in [5, 5.41) is 25.0. The van der Waals surface area contributed by atoms with E-state index in [0.717, 1.165) is 10.1 Å². The monoisotopic (exact) mass is 258 g/mol. The molecule has 0 fully saturated rings. The fourth-order valence-corrected chi connectivity index (χ4v) is 2.58. The third-order valence-electron chi connectivity index (χ3n) is 2.55. The van der Waals surface area contributed by atoms with Crippen molar-refractivity contribution in [1.82, 2.24) is 4.98 Å². The molecule has 3 rings (SSSR count). The molecule has 0 radical (unpaired) electrons. The van der Waals surface area contributed by atoms with Crippen molar-refractivity contribution in [2.75, 3.05) is 5.32 Å². The molecule has 0 bridgehead atoms. The standard InChI is InChI=1S/C13H10N2O2S/c16-9-5-8(6-10(17)7-9)15-13-11-2-4-18-12(11)1-3-14-13/h1-7,16-17H,(H,14,15). The Hall–Kier alpha value is -2.27. The van der Waals surface area contributed by atoms with Crippen molar-refractivity contribution in [2.24, 2.45) is 0 Å². The quantitative estimate of drug-likeness (QED) is 0.658. The average molecular weight is 258 g/mol. The molecular formula is C13H10N2O2S. The van der Waals surface area contributed by atoms with Gasteiger partial charge < -0.3 is 15.5 Å². The van der Waals surface area contributed by atoms with E-state index < -0.39 is 0 Å². The van der Waals surface area contributed by atoms with Crippen molar-refractivity contribution in [1.29, 1.82) is 0 Å². The number of hydrogen-bond acceptors (Lipinski definition) is 5. The summed E-state index contributed by atoms with van der Waals surface area (Å²) in [5.74, 6) is 0.726. The van der Waals surface area contributed by atoms with E-state index in [1.165, 1.54) is 18.2 Å². The summed E-state index contributed by atoms with van der Waals surface area (Å²) in [6.45, 7) is 0. The molecule has 0 spiro atoms. The van der Waals surface area contributed by atoms with Crippen molar-refractivity contribution >= 4 is 32.9 Å². The van der Waals surface area contributed by atoms with Gasteiger partial charge in [-0.05, 0) is 17.5 Å². The zero-order valence-corrected chi connectivity index (χ0v) is 10.1. The van der Waals surface area contributed by atoms with Crippen LogP contribution in [0.5, 0.6) is 11.5 Å². The van der Waals surface area contributed by atoms with E-state index >= 15 is 0 Å². The summed E-state index contributed by atoms with van der Waals surface area (Å²) < 4.78 is 1.14. The Bertz CT molecular complexity index is 689. The number of nitrogens with one attached hydrogen (secondary N) is 1. The first-order chi connectivity index (χ1) is 8.72. The molecule has 0 saturated carbocycles. The lowest BCUT2D eigenvalue weighted by Crippen LogP contribution is -1.93. The molecule has 18 heavy (non-hydrogen) atoms. The van der Waals surface area contributed by atoms with E-state index in [9.17, 15) is 10.2 Å². The number of aromatic nitrogens is 1. The molecule has 0 aliphatic carbocycles. The smallest absolute Gasteiger partial charge is 0.139 e. The van der Waals surface area contributed by atoms with E-state index in [1.807, 2.05) is 17.5 Å². The molecule has 2 aromatic heterocycles.